The fraction of sp³-hybridized carbons (Fsp3) is 0.389. The van der Waals surface area contributed by atoms with E-state index in [1.54, 1.807) is 22.8 Å². The fourth-order valence-corrected chi connectivity index (χ4v) is 3.36. The normalized spacial score (nSPS) is 18.9. The maximum Gasteiger partial charge on any atom is 0.416 e. The lowest BCUT2D eigenvalue weighted by Crippen LogP contribution is -2.38. The van der Waals surface area contributed by atoms with Crippen LogP contribution in [0.2, 0.25) is 0 Å². The number of ether oxygens (including phenoxy) is 3. The Bertz CT molecular complexity index is 982. The molecule has 2 atom stereocenters. The molecule has 2 aromatic rings. The number of fused-ring (bicyclic) bond motifs is 3. The van der Waals surface area contributed by atoms with Crippen LogP contribution in [-0.4, -0.2) is 60.6 Å². The summed E-state index contributed by atoms with van der Waals surface area (Å²) in [6.07, 6.45) is -3.12. The molecule has 4 rings (SSSR count). The van der Waals surface area contributed by atoms with Crippen molar-refractivity contribution in [2.75, 3.05) is 30.5 Å². The Kier molecular flexibility index (Phi) is 5.16. The largest absolute Gasteiger partial charge is 0.491 e. The Labute approximate surface area is 169 Å². The van der Waals surface area contributed by atoms with Crippen LogP contribution in [0.25, 0.3) is 11.4 Å². The molecule has 0 spiro atoms. The SMILES string of the molecule is COC(Nc1ccc2c(c1)OCCn1cc(N3C(=O)OC[C@H]3C(F)F)nc1-2)C(N)=O. The number of carbonyl (C=O) groups is 2. The van der Waals surface area contributed by atoms with Crippen LogP contribution in [0, 0.1) is 0 Å². The number of aromatic nitrogens is 2. The average molecular weight is 423 g/mol. The lowest BCUT2D eigenvalue weighted by atomic mass is 10.1. The third-order valence-corrected chi connectivity index (χ3v) is 4.81. The molecule has 3 heterocycles. The van der Waals surface area contributed by atoms with E-state index in [9.17, 15) is 18.4 Å². The number of amides is 2. The van der Waals surface area contributed by atoms with Crippen LogP contribution in [0.3, 0.4) is 0 Å². The number of hydrogen-bond acceptors (Lipinski definition) is 7. The summed E-state index contributed by atoms with van der Waals surface area (Å²) in [7, 11) is 1.34. The highest BCUT2D eigenvalue weighted by molar-refractivity contribution is 5.90. The van der Waals surface area contributed by atoms with Crippen molar-refractivity contribution in [1.82, 2.24) is 9.55 Å². The van der Waals surface area contributed by atoms with Crippen LogP contribution in [0.5, 0.6) is 5.75 Å². The number of halogens is 2. The number of alkyl halides is 2. The van der Waals surface area contributed by atoms with Crippen molar-refractivity contribution in [1.29, 1.82) is 0 Å². The quantitative estimate of drug-likeness (QED) is 0.674. The van der Waals surface area contributed by atoms with E-state index in [1.165, 1.54) is 13.3 Å². The molecule has 160 valence electrons. The molecular weight excluding hydrogens is 404 g/mol. The summed E-state index contributed by atoms with van der Waals surface area (Å²) in [5.74, 6) is 0.320. The van der Waals surface area contributed by atoms with E-state index in [1.807, 2.05) is 0 Å². The van der Waals surface area contributed by atoms with Gasteiger partial charge in [0.1, 0.15) is 30.8 Å². The van der Waals surface area contributed by atoms with Crippen LogP contribution in [-0.2, 0) is 20.8 Å². The molecule has 1 unspecified atom stereocenters. The van der Waals surface area contributed by atoms with Crippen LogP contribution >= 0.6 is 0 Å². The van der Waals surface area contributed by atoms with Gasteiger partial charge in [0.2, 0.25) is 6.23 Å². The predicted molar refractivity (Wildman–Crippen MR) is 100 cm³/mol. The predicted octanol–water partition coefficient (Wildman–Crippen LogP) is 1.40. The minimum Gasteiger partial charge on any atom is -0.491 e. The first kappa shape index (κ1) is 19.9. The molecule has 1 saturated heterocycles. The summed E-state index contributed by atoms with van der Waals surface area (Å²) in [5.41, 5.74) is 6.38. The van der Waals surface area contributed by atoms with Gasteiger partial charge in [0.25, 0.3) is 12.3 Å². The van der Waals surface area contributed by atoms with E-state index in [0.717, 1.165) is 4.90 Å². The van der Waals surface area contributed by atoms with Crippen LogP contribution in [0.1, 0.15) is 0 Å². The molecule has 30 heavy (non-hydrogen) atoms. The molecule has 2 aliphatic heterocycles. The van der Waals surface area contributed by atoms with Crippen LogP contribution < -0.4 is 20.7 Å². The molecule has 12 heteroatoms. The third-order valence-electron chi connectivity index (χ3n) is 4.81. The van der Waals surface area contributed by atoms with Crippen molar-refractivity contribution in [2.45, 2.75) is 25.2 Å². The number of imidazole rings is 1. The van der Waals surface area contributed by atoms with Gasteiger partial charge in [0.05, 0.1) is 12.1 Å². The van der Waals surface area contributed by atoms with E-state index >= 15 is 0 Å². The van der Waals surface area contributed by atoms with Crippen molar-refractivity contribution in [3.63, 3.8) is 0 Å². The Morgan fingerprint density at radius 3 is 2.90 bits per heavy atom. The Morgan fingerprint density at radius 2 is 2.20 bits per heavy atom. The number of rotatable bonds is 6. The van der Waals surface area contributed by atoms with Gasteiger partial charge < -0.3 is 29.8 Å². The molecule has 1 fully saturated rings. The number of primary amides is 1. The highest BCUT2D eigenvalue weighted by Crippen LogP contribution is 2.36. The zero-order valence-corrected chi connectivity index (χ0v) is 15.9. The number of nitrogens with two attached hydrogens (primary N) is 1. The Balaban J connectivity index is 1.67. The first-order chi connectivity index (χ1) is 14.4. The van der Waals surface area contributed by atoms with Crippen molar-refractivity contribution in [3.05, 3.63) is 24.4 Å². The standard InChI is InChI=1S/C18H19F2N5O5/c1-28-17(15(21)26)22-9-2-3-10-12(6-9)29-5-4-24-7-13(23-16(10)24)25-11(14(19)20)8-30-18(25)27/h2-3,6-7,11,14,17,22H,4-5,8H2,1H3,(H2,21,26)/t11-,17?/m0/s1. The molecular formula is C18H19F2N5O5. The highest BCUT2D eigenvalue weighted by atomic mass is 19.3. The van der Waals surface area contributed by atoms with Gasteiger partial charge in [-0.2, -0.15) is 0 Å². The summed E-state index contributed by atoms with van der Waals surface area (Å²) in [4.78, 5) is 28.6. The summed E-state index contributed by atoms with van der Waals surface area (Å²) >= 11 is 0. The molecule has 0 bridgehead atoms. The Morgan fingerprint density at radius 1 is 1.40 bits per heavy atom. The van der Waals surface area contributed by atoms with E-state index in [-0.39, 0.29) is 12.4 Å². The first-order valence-corrected chi connectivity index (χ1v) is 9.06. The molecule has 0 saturated carbocycles. The fourth-order valence-electron chi connectivity index (χ4n) is 3.36. The van der Waals surface area contributed by atoms with Gasteiger partial charge in [0.15, 0.2) is 5.82 Å². The van der Waals surface area contributed by atoms with Gasteiger partial charge in [-0.15, -0.1) is 0 Å². The number of methoxy groups -OCH3 is 1. The Hall–Kier alpha value is -3.41. The third kappa shape index (κ3) is 3.49. The topological polar surface area (TPSA) is 121 Å². The van der Waals surface area contributed by atoms with E-state index in [2.05, 4.69) is 10.3 Å². The summed E-state index contributed by atoms with van der Waals surface area (Å²) in [5, 5.41) is 2.84. The zero-order chi connectivity index (χ0) is 21.4. The van der Waals surface area contributed by atoms with Gasteiger partial charge in [-0.05, 0) is 12.1 Å². The van der Waals surface area contributed by atoms with Crippen molar-refractivity contribution in [2.24, 2.45) is 5.73 Å². The average Bonchev–Trinajstić information content (AvgIpc) is 3.25. The monoisotopic (exact) mass is 423 g/mol. The lowest BCUT2D eigenvalue weighted by Gasteiger charge is -2.18. The van der Waals surface area contributed by atoms with E-state index in [4.69, 9.17) is 19.9 Å². The first-order valence-electron chi connectivity index (χ1n) is 9.06. The molecule has 0 radical (unpaired) electrons. The number of hydrogen-bond donors (Lipinski definition) is 2. The summed E-state index contributed by atoms with van der Waals surface area (Å²) < 4.78 is 43.8. The van der Waals surface area contributed by atoms with Gasteiger partial charge in [0, 0.05) is 25.1 Å². The number of nitrogens with one attached hydrogen (secondary N) is 1. The minimum atomic E-state index is -2.76. The highest BCUT2D eigenvalue weighted by Gasteiger charge is 2.42. The number of anilines is 2. The smallest absolute Gasteiger partial charge is 0.416 e. The van der Waals surface area contributed by atoms with Crippen LogP contribution in [0.15, 0.2) is 24.4 Å². The number of cyclic esters (lactones) is 1. The van der Waals surface area contributed by atoms with E-state index in [0.29, 0.717) is 29.4 Å². The maximum absolute atomic E-state index is 13.3. The van der Waals surface area contributed by atoms with Gasteiger partial charge in [-0.25, -0.2) is 23.5 Å². The number of carbonyl (C=O) groups excluding carboxylic acids is 2. The maximum atomic E-state index is 13.3. The molecule has 3 N–H and O–H groups in total. The summed E-state index contributed by atoms with van der Waals surface area (Å²) in [6.45, 7) is 0.281. The van der Waals surface area contributed by atoms with Crippen LogP contribution in [0.4, 0.5) is 25.1 Å². The molecule has 1 aromatic heterocycles. The van der Waals surface area contributed by atoms with Crippen molar-refractivity contribution in [3.8, 4) is 17.1 Å². The molecule has 1 aromatic carbocycles. The minimum absolute atomic E-state index is 0.0843. The second kappa shape index (κ2) is 7.78. The second-order valence-electron chi connectivity index (χ2n) is 6.69. The van der Waals surface area contributed by atoms with Crippen molar-refractivity contribution < 1.29 is 32.6 Å². The second-order valence-corrected chi connectivity index (χ2v) is 6.69. The molecule has 2 aliphatic rings. The van der Waals surface area contributed by atoms with Gasteiger partial charge >= 0.3 is 6.09 Å². The van der Waals surface area contributed by atoms with Crippen molar-refractivity contribution >= 4 is 23.5 Å². The number of benzene rings is 1. The lowest BCUT2D eigenvalue weighted by molar-refractivity contribution is -0.126. The molecule has 10 nitrogen and oxygen atoms in total. The van der Waals surface area contributed by atoms with Gasteiger partial charge in [-0.3, -0.25) is 4.79 Å². The van der Waals surface area contributed by atoms with E-state index < -0.39 is 37.3 Å². The molecule has 0 aliphatic carbocycles. The summed E-state index contributed by atoms with van der Waals surface area (Å²) in [6, 6.07) is 3.64. The molecule has 2 amide bonds. The van der Waals surface area contributed by atoms with Gasteiger partial charge in [-0.1, -0.05) is 0 Å². The zero-order valence-electron chi connectivity index (χ0n) is 15.9. The number of nitrogens with zero attached hydrogens (tertiary/aromatic N) is 3.